The van der Waals surface area contributed by atoms with Crippen LogP contribution in [0, 0.1) is 5.92 Å². The highest BCUT2D eigenvalue weighted by molar-refractivity contribution is 6.89. The second-order valence-corrected chi connectivity index (χ2v) is 9.81. The van der Waals surface area contributed by atoms with Crippen molar-refractivity contribution in [3.8, 4) is 0 Å². The van der Waals surface area contributed by atoms with E-state index in [0.29, 0.717) is 0 Å². The van der Waals surface area contributed by atoms with Gasteiger partial charge in [-0.3, -0.25) is 4.98 Å². The molecule has 0 radical (unpaired) electrons. The lowest BCUT2D eigenvalue weighted by Gasteiger charge is -2.22. The molecule has 0 saturated heterocycles. The van der Waals surface area contributed by atoms with Gasteiger partial charge in [0.25, 0.3) is 0 Å². The largest absolute Gasteiger partial charge is 0.266 e. The molecular formula is C12H21NSi. The van der Waals surface area contributed by atoms with Gasteiger partial charge in [0.2, 0.25) is 0 Å². The van der Waals surface area contributed by atoms with Crippen molar-refractivity contribution in [1.82, 2.24) is 4.98 Å². The molecule has 0 aliphatic carbocycles. The molecule has 1 rings (SSSR count). The van der Waals surface area contributed by atoms with E-state index in [1.807, 2.05) is 12.3 Å². The molecule has 0 N–H and O–H groups in total. The molecule has 0 spiro atoms. The molecule has 78 valence electrons. The lowest BCUT2D eigenvalue weighted by molar-refractivity contribution is 0.621. The highest BCUT2D eigenvalue weighted by atomic mass is 28.3. The number of nitrogens with zero attached hydrogens (tertiary/aromatic N) is 1. The zero-order valence-electron chi connectivity index (χ0n) is 9.75. The molecule has 14 heavy (non-hydrogen) atoms. The summed E-state index contributed by atoms with van der Waals surface area (Å²) in [6, 6.07) is 7.64. The van der Waals surface area contributed by atoms with Crippen LogP contribution in [0.2, 0.25) is 19.1 Å². The van der Waals surface area contributed by atoms with Crippen molar-refractivity contribution in [1.29, 1.82) is 0 Å². The van der Waals surface area contributed by atoms with Crippen LogP contribution in [0.5, 0.6) is 0 Å². The van der Waals surface area contributed by atoms with E-state index in [1.165, 1.54) is 17.8 Å². The maximum atomic E-state index is 4.49. The van der Waals surface area contributed by atoms with Gasteiger partial charge in [-0.05, 0) is 18.1 Å². The molecule has 0 atom stereocenters. The van der Waals surface area contributed by atoms with Crippen molar-refractivity contribution in [2.75, 3.05) is 0 Å². The second-order valence-electron chi connectivity index (χ2n) is 5.03. The van der Waals surface area contributed by atoms with Crippen LogP contribution in [0.25, 0.3) is 0 Å². The van der Waals surface area contributed by atoms with Gasteiger partial charge in [0.15, 0.2) is 0 Å². The fraction of sp³-hybridized carbons (Fsp3) is 0.583. The molecule has 1 aromatic heterocycles. The average molecular weight is 207 g/mol. The quantitative estimate of drug-likeness (QED) is 0.692. The molecule has 1 nitrogen and oxygen atoms in total. The standard InChI is InChI=1S/C12H21NSi/c1-11(2)8-10-14(3,4)12-7-5-6-9-13-12/h5-7,9,11H,8,10H2,1-4H3. The van der Waals surface area contributed by atoms with Gasteiger partial charge in [-0.25, -0.2) is 0 Å². The summed E-state index contributed by atoms with van der Waals surface area (Å²) in [5.74, 6) is 0.811. The molecule has 1 heterocycles. The van der Waals surface area contributed by atoms with E-state index in [9.17, 15) is 0 Å². The minimum Gasteiger partial charge on any atom is -0.266 e. The Morgan fingerprint density at radius 3 is 2.50 bits per heavy atom. The molecule has 0 unspecified atom stereocenters. The first-order valence-electron chi connectivity index (χ1n) is 5.44. The van der Waals surface area contributed by atoms with Crippen LogP contribution in [0.3, 0.4) is 0 Å². The summed E-state index contributed by atoms with van der Waals surface area (Å²) >= 11 is 0. The van der Waals surface area contributed by atoms with Gasteiger partial charge in [0.05, 0.1) is 0 Å². The predicted molar refractivity (Wildman–Crippen MR) is 65.6 cm³/mol. The highest BCUT2D eigenvalue weighted by Gasteiger charge is 2.24. The fourth-order valence-electron chi connectivity index (χ4n) is 1.54. The molecule has 0 aromatic carbocycles. The Labute approximate surface area is 88.6 Å². The Hall–Kier alpha value is -0.633. The topological polar surface area (TPSA) is 12.9 Å². The van der Waals surface area contributed by atoms with Gasteiger partial charge in [0.1, 0.15) is 8.07 Å². The van der Waals surface area contributed by atoms with Crippen LogP contribution >= 0.6 is 0 Å². The summed E-state index contributed by atoms with van der Waals surface area (Å²) in [5.41, 5.74) is 0. The minimum absolute atomic E-state index is 0.811. The fourth-order valence-corrected chi connectivity index (χ4v) is 4.07. The lowest BCUT2D eigenvalue weighted by Crippen LogP contribution is -2.43. The molecule has 2 heteroatoms. The van der Waals surface area contributed by atoms with E-state index in [0.717, 1.165) is 5.92 Å². The Morgan fingerprint density at radius 2 is 2.00 bits per heavy atom. The third-order valence-electron chi connectivity index (χ3n) is 2.70. The van der Waals surface area contributed by atoms with E-state index < -0.39 is 8.07 Å². The third-order valence-corrected chi connectivity index (χ3v) is 5.93. The number of hydrogen-bond donors (Lipinski definition) is 0. The summed E-state index contributed by atoms with van der Waals surface area (Å²) in [4.78, 5) is 4.49. The number of pyridine rings is 1. The summed E-state index contributed by atoms with van der Waals surface area (Å²) in [5, 5.41) is 1.35. The van der Waals surface area contributed by atoms with Gasteiger partial charge in [-0.15, -0.1) is 0 Å². The Bertz CT molecular complexity index is 267. The van der Waals surface area contributed by atoms with E-state index in [1.54, 1.807) is 0 Å². The monoisotopic (exact) mass is 207 g/mol. The van der Waals surface area contributed by atoms with Gasteiger partial charge in [-0.1, -0.05) is 45.5 Å². The summed E-state index contributed by atoms with van der Waals surface area (Å²) < 4.78 is 0. The third kappa shape index (κ3) is 3.26. The first kappa shape index (κ1) is 11.4. The van der Waals surface area contributed by atoms with Crippen LogP contribution in [0.15, 0.2) is 24.4 Å². The molecule has 0 amide bonds. The van der Waals surface area contributed by atoms with Gasteiger partial charge in [0, 0.05) is 11.5 Å². The van der Waals surface area contributed by atoms with Crippen LogP contribution < -0.4 is 5.32 Å². The first-order chi connectivity index (χ1) is 6.52. The first-order valence-corrected chi connectivity index (χ1v) is 8.64. The zero-order valence-corrected chi connectivity index (χ0v) is 10.7. The normalized spacial score (nSPS) is 12.1. The summed E-state index contributed by atoms with van der Waals surface area (Å²) in [6.45, 7) is 9.42. The van der Waals surface area contributed by atoms with Crippen molar-refractivity contribution >= 4 is 13.4 Å². The van der Waals surface area contributed by atoms with Crippen LogP contribution in [-0.2, 0) is 0 Å². The van der Waals surface area contributed by atoms with Crippen LogP contribution in [-0.4, -0.2) is 13.1 Å². The van der Waals surface area contributed by atoms with E-state index in [4.69, 9.17) is 0 Å². The maximum Gasteiger partial charge on any atom is 0.104 e. The highest BCUT2D eigenvalue weighted by Crippen LogP contribution is 2.15. The average Bonchev–Trinajstić information content (AvgIpc) is 2.16. The second kappa shape index (κ2) is 4.74. The smallest absolute Gasteiger partial charge is 0.104 e. The molecule has 0 bridgehead atoms. The van der Waals surface area contributed by atoms with E-state index >= 15 is 0 Å². The lowest BCUT2D eigenvalue weighted by atomic mass is 10.2. The molecule has 0 saturated carbocycles. The SMILES string of the molecule is CC(C)CC[Si](C)(C)c1ccccn1. The molecule has 0 aliphatic heterocycles. The molecule has 1 aromatic rings. The number of hydrogen-bond acceptors (Lipinski definition) is 1. The van der Waals surface area contributed by atoms with Crippen molar-refractivity contribution in [3.63, 3.8) is 0 Å². The van der Waals surface area contributed by atoms with Gasteiger partial charge < -0.3 is 0 Å². The summed E-state index contributed by atoms with van der Waals surface area (Å²) in [6.07, 6.45) is 3.25. The van der Waals surface area contributed by atoms with Crippen molar-refractivity contribution < 1.29 is 0 Å². The number of aromatic nitrogens is 1. The summed E-state index contributed by atoms with van der Waals surface area (Å²) in [7, 11) is -1.25. The van der Waals surface area contributed by atoms with E-state index in [2.05, 4.69) is 44.1 Å². The predicted octanol–water partition coefficient (Wildman–Crippen LogP) is 3.04. The molecular weight excluding hydrogens is 186 g/mol. The van der Waals surface area contributed by atoms with Crippen molar-refractivity contribution in [2.45, 2.75) is 39.4 Å². The van der Waals surface area contributed by atoms with Gasteiger partial charge in [-0.2, -0.15) is 0 Å². The van der Waals surface area contributed by atoms with Crippen LogP contribution in [0.4, 0.5) is 0 Å². The molecule has 0 aliphatic rings. The minimum atomic E-state index is -1.25. The Balaban J connectivity index is 2.66. The van der Waals surface area contributed by atoms with Gasteiger partial charge >= 0.3 is 0 Å². The molecule has 0 fully saturated rings. The van der Waals surface area contributed by atoms with E-state index in [-0.39, 0.29) is 0 Å². The zero-order chi connectivity index (χ0) is 10.6. The number of rotatable bonds is 4. The van der Waals surface area contributed by atoms with Crippen LogP contribution in [0.1, 0.15) is 20.3 Å². The van der Waals surface area contributed by atoms with Crippen molar-refractivity contribution in [2.24, 2.45) is 5.92 Å². The maximum absolute atomic E-state index is 4.49. The Morgan fingerprint density at radius 1 is 1.29 bits per heavy atom. The Kier molecular flexibility index (Phi) is 3.87. The van der Waals surface area contributed by atoms with Crippen molar-refractivity contribution in [3.05, 3.63) is 24.4 Å².